The van der Waals surface area contributed by atoms with E-state index in [1.165, 1.54) is 0 Å². The van der Waals surface area contributed by atoms with Gasteiger partial charge in [0.1, 0.15) is 24.7 Å². The third-order valence-corrected chi connectivity index (χ3v) is 5.55. The Kier molecular flexibility index (Phi) is 15.3. The van der Waals surface area contributed by atoms with Crippen molar-refractivity contribution >= 4 is 41.9 Å². The summed E-state index contributed by atoms with van der Waals surface area (Å²) < 4.78 is 5.06. The molecule has 0 spiro atoms. The average molecular weight is 583 g/mol. The molecule has 16 heteroatoms. The van der Waals surface area contributed by atoms with Crippen molar-refractivity contribution in [1.82, 2.24) is 21.3 Å². The Bertz CT molecular complexity index is 1070. The summed E-state index contributed by atoms with van der Waals surface area (Å²) in [5, 5.41) is 45.2. The van der Waals surface area contributed by atoms with Gasteiger partial charge in [-0.05, 0) is 37.7 Å². The largest absolute Gasteiger partial charge is 0.481 e. The number of nitrogens with one attached hydrogen (secondary N) is 4. The van der Waals surface area contributed by atoms with E-state index in [1.807, 2.05) is 28.8 Å². The minimum Gasteiger partial charge on any atom is -0.481 e. The zero-order chi connectivity index (χ0) is 30.8. The van der Waals surface area contributed by atoms with Crippen LogP contribution >= 0.6 is 0 Å². The highest BCUT2D eigenvalue weighted by Gasteiger charge is 2.26. The van der Waals surface area contributed by atoms with Gasteiger partial charge in [-0.1, -0.05) is 30.3 Å². The second-order valence-electron chi connectivity index (χ2n) is 8.81. The highest BCUT2D eigenvalue weighted by Crippen LogP contribution is 2.05. The van der Waals surface area contributed by atoms with Gasteiger partial charge >= 0.3 is 36.0 Å². The molecule has 0 aliphatic carbocycles. The molecule has 1 rings (SSSR count). The van der Waals surface area contributed by atoms with Crippen LogP contribution in [0.4, 0.5) is 9.59 Å². The van der Waals surface area contributed by atoms with Crippen LogP contribution in [0.15, 0.2) is 30.3 Å². The van der Waals surface area contributed by atoms with Crippen LogP contribution in [0.3, 0.4) is 0 Å². The number of hydrogen-bond donors (Lipinski definition) is 8. The molecule has 3 atom stereocenters. The Labute approximate surface area is 234 Å². The smallest absolute Gasteiger partial charge is 0.407 e. The van der Waals surface area contributed by atoms with Gasteiger partial charge in [-0.3, -0.25) is 9.59 Å². The second kappa shape index (κ2) is 18.4. The van der Waals surface area contributed by atoms with Crippen molar-refractivity contribution in [3.05, 3.63) is 35.9 Å². The van der Waals surface area contributed by atoms with E-state index in [-0.39, 0.29) is 19.6 Å². The number of carboxylic acid groups (broad SMARTS) is 4. The molecule has 0 fully saturated rings. The molecule has 8 N–H and O–H groups in total. The van der Waals surface area contributed by atoms with Gasteiger partial charge in [0.25, 0.3) is 0 Å². The molecule has 1 aromatic rings. The van der Waals surface area contributed by atoms with Gasteiger partial charge in [0, 0.05) is 19.4 Å². The minimum atomic E-state index is -1.62. The number of unbranched alkanes of at least 4 members (excludes halogenated alkanes) is 1. The standard InChI is InChI=1S/C25H34N4O12/c30-19(11-9-17(22(35)36)28-24(39)29-18(23(37)38)10-12-20(31)32)27-16(21(33)34)8-4-5-13-26-25(40)41-14-15-6-2-1-3-7-15/h1-3,6-7,16-18H,4-5,8-14H2,(H,26,40)(H,27,30)(H,31,32)(H,33,34)(H,35,36)(H,37,38)(H2,28,29,39)/t16-,17-,18-/m0/s1. The van der Waals surface area contributed by atoms with Crippen molar-refractivity contribution in [2.75, 3.05) is 6.54 Å². The van der Waals surface area contributed by atoms with Gasteiger partial charge in [0.2, 0.25) is 5.91 Å². The summed E-state index contributed by atoms with van der Waals surface area (Å²) >= 11 is 0. The molecule has 0 bridgehead atoms. The number of carboxylic acids is 4. The number of carbonyl (C=O) groups excluding carboxylic acids is 3. The summed E-state index contributed by atoms with van der Waals surface area (Å²) in [6.07, 6.45) is -1.80. The average Bonchev–Trinajstić information content (AvgIpc) is 2.91. The van der Waals surface area contributed by atoms with Gasteiger partial charge in [-0.2, -0.15) is 0 Å². The Morgan fingerprint density at radius 2 is 1.22 bits per heavy atom. The van der Waals surface area contributed by atoms with E-state index in [9.17, 15) is 43.8 Å². The molecule has 4 amide bonds. The molecule has 41 heavy (non-hydrogen) atoms. The molecule has 0 radical (unpaired) electrons. The maximum Gasteiger partial charge on any atom is 0.407 e. The number of urea groups is 1. The molecule has 0 aliphatic heterocycles. The van der Waals surface area contributed by atoms with Crippen molar-refractivity contribution in [3.63, 3.8) is 0 Å². The number of aliphatic carboxylic acids is 4. The van der Waals surface area contributed by atoms with E-state index >= 15 is 0 Å². The lowest BCUT2D eigenvalue weighted by Gasteiger charge is -2.19. The minimum absolute atomic E-state index is 0.0255. The lowest BCUT2D eigenvalue weighted by molar-refractivity contribution is -0.142. The van der Waals surface area contributed by atoms with Crippen molar-refractivity contribution in [3.8, 4) is 0 Å². The number of amides is 4. The second-order valence-corrected chi connectivity index (χ2v) is 8.81. The number of hydrogen-bond acceptors (Lipinski definition) is 8. The van der Waals surface area contributed by atoms with E-state index in [1.54, 1.807) is 12.1 Å². The van der Waals surface area contributed by atoms with Crippen LogP contribution < -0.4 is 21.3 Å². The lowest BCUT2D eigenvalue weighted by Crippen LogP contribution is -2.51. The van der Waals surface area contributed by atoms with E-state index in [2.05, 4.69) is 10.6 Å². The number of ether oxygens (including phenoxy) is 1. The van der Waals surface area contributed by atoms with Gasteiger partial charge in [0.05, 0.1) is 0 Å². The third-order valence-electron chi connectivity index (χ3n) is 5.55. The van der Waals surface area contributed by atoms with E-state index in [0.29, 0.717) is 12.8 Å². The van der Waals surface area contributed by atoms with Crippen LogP contribution in [0.25, 0.3) is 0 Å². The van der Waals surface area contributed by atoms with Gasteiger partial charge in [-0.15, -0.1) is 0 Å². The monoisotopic (exact) mass is 582 g/mol. The molecule has 226 valence electrons. The van der Waals surface area contributed by atoms with Crippen LogP contribution in [-0.4, -0.2) is 87.0 Å². The fraction of sp³-hybridized carbons (Fsp3) is 0.480. The maximum atomic E-state index is 12.3. The fourth-order valence-corrected chi connectivity index (χ4v) is 3.38. The summed E-state index contributed by atoms with van der Waals surface area (Å²) in [7, 11) is 0. The molecule has 0 saturated heterocycles. The molecule has 1 aromatic carbocycles. The van der Waals surface area contributed by atoms with Crippen molar-refractivity contribution < 1.29 is 58.7 Å². The molecule has 0 aromatic heterocycles. The molecule has 0 heterocycles. The molecule has 16 nitrogen and oxygen atoms in total. The molecular weight excluding hydrogens is 548 g/mol. The zero-order valence-electron chi connectivity index (χ0n) is 22.0. The summed E-state index contributed by atoms with van der Waals surface area (Å²) in [5.41, 5.74) is 0.816. The predicted octanol–water partition coefficient (Wildman–Crippen LogP) is 0.503. The zero-order valence-corrected chi connectivity index (χ0v) is 22.0. The number of rotatable bonds is 19. The Balaban J connectivity index is 2.42. The van der Waals surface area contributed by atoms with E-state index in [4.69, 9.17) is 14.9 Å². The lowest BCUT2D eigenvalue weighted by atomic mass is 10.1. The summed E-state index contributed by atoms with van der Waals surface area (Å²) in [6, 6.07) is 3.36. The van der Waals surface area contributed by atoms with Crippen LogP contribution in [-0.2, 0) is 35.3 Å². The van der Waals surface area contributed by atoms with Crippen molar-refractivity contribution in [2.24, 2.45) is 0 Å². The molecular formula is C25H34N4O12. The molecule has 0 saturated carbocycles. The van der Waals surface area contributed by atoms with Crippen LogP contribution in [0.5, 0.6) is 0 Å². The summed E-state index contributed by atoms with van der Waals surface area (Å²) in [4.78, 5) is 80.8. The first-order valence-corrected chi connectivity index (χ1v) is 12.6. The summed E-state index contributed by atoms with van der Waals surface area (Å²) in [6.45, 7) is 0.305. The molecule has 0 unspecified atom stereocenters. The number of benzene rings is 1. The van der Waals surface area contributed by atoms with E-state index < -0.39 is 85.7 Å². The first-order chi connectivity index (χ1) is 19.4. The summed E-state index contributed by atoms with van der Waals surface area (Å²) in [5.74, 6) is -6.45. The highest BCUT2D eigenvalue weighted by atomic mass is 16.5. The maximum absolute atomic E-state index is 12.3. The topological polar surface area (TPSA) is 258 Å². The Hall–Kier alpha value is -4.89. The van der Waals surface area contributed by atoms with Crippen molar-refractivity contribution in [1.29, 1.82) is 0 Å². The quantitative estimate of drug-likeness (QED) is 0.104. The van der Waals surface area contributed by atoms with Crippen molar-refractivity contribution in [2.45, 2.75) is 69.7 Å². The van der Waals surface area contributed by atoms with E-state index in [0.717, 1.165) is 5.56 Å². The Morgan fingerprint density at radius 3 is 1.76 bits per heavy atom. The van der Waals surface area contributed by atoms with Gasteiger partial charge in [0.15, 0.2) is 0 Å². The predicted molar refractivity (Wildman–Crippen MR) is 139 cm³/mol. The fourth-order valence-electron chi connectivity index (χ4n) is 3.38. The normalized spacial score (nSPS) is 12.6. The van der Waals surface area contributed by atoms with Gasteiger partial charge in [-0.25, -0.2) is 24.0 Å². The Morgan fingerprint density at radius 1 is 0.683 bits per heavy atom. The highest BCUT2D eigenvalue weighted by molar-refractivity contribution is 5.87. The third kappa shape index (κ3) is 15.3. The van der Waals surface area contributed by atoms with Crippen LogP contribution in [0.1, 0.15) is 50.5 Å². The SMILES string of the molecule is O=C(O)CC[C@H](NC(=O)N[C@@H](CCC(=O)N[C@@H](CCCCNC(=O)OCc1ccccc1)C(=O)O)C(=O)O)C(=O)O. The first kappa shape index (κ1) is 34.1. The van der Waals surface area contributed by atoms with Gasteiger partial charge < -0.3 is 46.4 Å². The van der Waals surface area contributed by atoms with Crippen LogP contribution in [0, 0.1) is 0 Å². The first-order valence-electron chi connectivity index (χ1n) is 12.6. The molecule has 0 aliphatic rings. The van der Waals surface area contributed by atoms with Crippen LogP contribution in [0.2, 0.25) is 0 Å². The number of carbonyl (C=O) groups is 7. The number of alkyl carbamates (subject to hydrolysis) is 1.